The summed E-state index contributed by atoms with van der Waals surface area (Å²) in [5.41, 5.74) is 4.21. The van der Waals surface area contributed by atoms with Crippen molar-refractivity contribution in [2.45, 2.75) is 6.18 Å². The molecule has 0 spiro atoms. The van der Waals surface area contributed by atoms with Gasteiger partial charge in [-0.1, -0.05) is 0 Å². The number of halogens is 3. The number of hydrogen-bond acceptors (Lipinski definition) is 7. The number of hydrogen-bond donors (Lipinski definition) is 2. The van der Waals surface area contributed by atoms with Crippen molar-refractivity contribution in [2.75, 3.05) is 12.4 Å². The fourth-order valence-electron chi connectivity index (χ4n) is 2.29. The fourth-order valence-corrected chi connectivity index (χ4v) is 3.50. The molecule has 143 valence electrons. The Labute approximate surface area is 163 Å². The molecule has 0 saturated carbocycles. The molecule has 0 bridgehead atoms. The zero-order valence-electron chi connectivity index (χ0n) is 14.0. The van der Waals surface area contributed by atoms with Crippen LogP contribution < -0.4 is 10.4 Å². The number of amidine groups is 1. The number of rotatable bonds is 2. The Morgan fingerprint density at radius 2 is 2.18 bits per heavy atom. The zero-order valence-corrected chi connectivity index (χ0v) is 15.6. The number of carbonyl (C=O) groups is 1. The van der Waals surface area contributed by atoms with Gasteiger partial charge in [-0.15, -0.1) is 11.3 Å². The molecule has 1 aromatic carbocycles. The van der Waals surface area contributed by atoms with E-state index in [2.05, 4.69) is 30.5 Å². The lowest BCUT2D eigenvalue weighted by atomic mass is 10.3. The normalized spacial score (nSPS) is 14.1. The number of aromatic nitrogens is 3. The van der Waals surface area contributed by atoms with E-state index in [-0.39, 0.29) is 16.9 Å². The number of carbonyl (C=O) groups excluding carboxylic acids is 1. The van der Waals surface area contributed by atoms with E-state index in [4.69, 9.17) is 0 Å². The summed E-state index contributed by atoms with van der Waals surface area (Å²) in [4.78, 5) is 25.0. The molecule has 0 saturated heterocycles. The smallest absolute Gasteiger partial charge is 0.337 e. The van der Waals surface area contributed by atoms with Crippen LogP contribution in [0.4, 0.5) is 23.7 Å². The lowest BCUT2D eigenvalue weighted by molar-refractivity contribution is -0.0555. The third-order valence-electron chi connectivity index (χ3n) is 3.66. The molecule has 1 aliphatic heterocycles. The Hall–Kier alpha value is -2.93. The molecule has 0 atom stereocenters. The molecule has 28 heavy (non-hydrogen) atoms. The van der Waals surface area contributed by atoms with E-state index in [1.165, 1.54) is 18.4 Å². The summed E-state index contributed by atoms with van der Waals surface area (Å²) in [6, 6.07) is 4.38. The van der Waals surface area contributed by atoms with Crippen molar-refractivity contribution in [2.24, 2.45) is 5.10 Å². The second-order valence-electron chi connectivity index (χ2n) is 5.57. The lowest BCUT2D eigenvalue weighted by Gasteiger charge is -2.09. The van der Waals surface area contributed by atoms with Gasteiger partial charge < -0.3 is 4.98 Å². The van der Waals surface area contributed by atoms with Crippen LogP contribution in [-0.4, -0.2) is 49.3 Å². The Morgan fingerprint density at radius 1 is 1.36 bits per heavy atom. The third kappa shape index (κ3) is 3.57. The van der Waals surface area contributed by atoms with Crippen molar-refractivity contribution in [3.63, 3.8) is 0 Å². The van der Waals surface area contributed by atoms with Gasteiger partial charge in [-0.25, -0.2) is 14.8 Å². The summed E-state index contributed by atoms with van der Waals surface area (Å²) < 4.78 is 37.9. The second-order valence-corrected chi connectivity index (χ2v) is 7.24. The van der Waals surface area contributed by atoms with E-state index in [1.807, 2.05) is 5.38 Å². The predicted molar refractivity (Wildman–Crippen MR) is 102 cm³/mol. The number of alkyl halides is 3. The summed E-state index contributed by atoms with van der Waals surface area (Å²) in [6.07, 6.45) is -4.60. The number of anilines is 1. The van der Waals surface area contributed by atoms with Crippen LogP contribution in [0.3, 0.4) is 0 Å². The summed E-state index contributed by atoms with van der Waals surface area (Å²) in [6.45, 7) is 0. The van der Waals surface area contributed by atoms with Crippen molar-refractivity contribution in [3.8, 4) is 11.5 Å². The minimum atomic E-state index is -4.60. The monoisotopic (exact) mass is 425 g/mol. The topological polar surface area (TPSA) is 100 Å². The van der Waals surface area contributed by atoms with Gasteiger partial charge in [0.05, 0.1) is 28.7 Å². The molecule has 3 aromatic rings. The van der Waals surface area contributed by atoms with Gasteiger partial charge in [0, 0.05) is 22.8 Å². The van der Waals surface area contributed by atoms with Gasteiger partial charge in [0.2, 0.25) is 5.04 Å². The van der Waals surface area contributed by atoms with Crippen LogP contribution in [0.25, 0.3) is 22.6 Å². The maximum absolute atomic E-state index is 12.6. The standard InChI is InChI=1S/C15H10F3N7OS2/c1-25(14-24-23-12(28-14)15(16,17)18)13(26)20-7-2-3-8-9(4-7)22-11(21-8)10-5-27-6-19-10/h2-6H,1H3,(H,20,26)(H,21,22)/q+1. The second kappa shape index (κ2) is 6.91. The Balaban J connectivity index is 1.46. The number of H-pyrrole nitrogens is 1. The molecule has 2 N–H and O–H groups in total. The summed E-state index contributed by atoms with van der Waals surface area (Å²) in [7, 11) is 1.31. The quantitative estimate of drug-likeness (QED) is 0.657. The minimum absolute atomic E-state index is 0.170. The average molecular weight is 425 g/mol. The molecule has 1 radical (unpaired) electrons. The van der Waals surface area contributed by atoms with Gasteiger partial charge in [0.25, 0.3) is 0 Å². The Bertz CT molecular complexity index is 1100. The lowest BCUT2D eigenvalue weighted by Crippen LogP contribution is -2.36. The fraction of sp³-hybridized carbons (Fsp3) is 0.133. The molecule has 4 rings (SSSR count). The molecule has 1 aliphatic rings. The first kappa shape index (κ1) is 18.4. The highest BCUT2D eigenvalue weighted by atomic mass is 32.2. The van der Waals surface area contributed by atoms with E-state index in [0.717, 1.165) is 10.4 Å². The number of thioether (sulfide) groups is 1. The number of amides is 2. The number of nitrogens with zero attached hydrogens (tertiary/aromatic N) is 5. The highest BCUT2D eigenvalue weighted by Gasteiger charge is 2.46. The SMILES string of the molecule is CN(C(=O)Nc1ccc2[nH]c(-c3cscn3)nc2c1)C1=[N+]N=C(C(F)(F)F)S1. The first-order valence-corrected chi connectivity index (χ1v) is 9.41. The van der Waals surface area contributed by atoms with E-state index in [1.54, 1.807) is 23.7 Å². The van der Waals surface area contributed by atoms with Crippen LogP contribution in [0.1, 0.15) is 0 Å². The van der Waals surface area contributed by atoms with Crippen molar-refractivity contribution in [3.05, 3.63) is 29.1 Å². The number of imidazole rings is 1. The number of urea groups is 1. The first-order valence-electron chi connectivity index (χ1n) is 7.65. The Kier molecular flexibility index (Phi) is 4.55. The van der Waals surface area contributed by atoms with Crippen molar-refractivity contribution in [1.29, 1.82) is 0 Å². The molecule has 2 aromatic heterocycles. The molecule has 0 unspecified atom stereocenters. The molecule has 3 heterocycles. The minimum Gasteiger partial charge on any atom is -0.337 e. The zero-order chi connectivity index (χ0) is 19.9. The van der Waals surface area contributed by atoms with Crippen molar-refractivity contribution >= 4 is 56.1 Å². The molecular weight excluding hydrogens is 415 g/mol. The number of fused-ring (bicyclic) bond motifs is 1. The van der Waals surface area contributed by atoms with Crippen molar-refractivity contribution in [1.82, 2.24) is 25.0 Å². The summed E-state index contributed by atoms with van der Waals surface area (Å²) >= 11 is 1.73. The van der Waals surface area contributed by atoms with Gasteiger partial charge in [-0.3, -0.25) is 5.32 Å². The van der Waals surface area contributed by atoms with Crippen LogP contribution >= 0.6 is 23.1 Å². The van der Waals surface area contributed by atoms with Crippen molar-refractivity contribution < 1.29 is 18.0 Å². The molecule has 2 amide bonds. The molecular formula is C15H10F3N7OS2+. The average Bonchev–Trinajstić information content (AvgIpc) is 3.38. The molecule has 13 heteroatoms. The molecule has 0 fully saturated rings. The van der Waals surface area contributed by atoms with Crippen LogP contribution in [0.2, 0.25) is 0 Å². The summed E-state index contributed by atoms with van der Waals surface area (Å²) in [5, 5.41) is 9.66. The van der Waals surface area contributed by atoms with E-state index < -0.39 is 17.3 Å². The van der Waals surface area contributed by atoms with E-state index >= 15 is 0 Å². The van der Waals surface area contributed by atoms with E-state index in [0.29, 0.717) is 22.7 Å². The highest BCUT2D eigenvalue weighted by molar-refractivity contribution is 8.26. The van der Waals surface area contributed by atoms with Crippen LogP contribution in [-0.2, 0) is 0 Å². The maximum Gasteiger partial charge on any atom is 0.444 e. The van der Waals surface area contributed by atoms with E-state index in [9.17, 15) is 18.0 Å². The van der Waals surface area contributed by atoms with Gasteiger partial charge in [0.15, 0.2) is 5.82 Å². The van der Waals surface area contributed by atoms with Gasteiger partial charge in [-0.2, -0.15) is 18.1 Å². The van der Waals surface area contributed by atoms with Crippen LogP contribution in [0.15, 0.2) is 34.2 Å². The third-order valence-corrected chi connectivity index (χ3v) is 5.29. The molecule has 0 aliphatic carbocycles. The highest BCUT2D eigenvalue weighted by Crippen LogP contribution is 2.29. The van der Waals surface area contributed by atoms with Crippen LogP contribution in [0.5, 0.6) is 0 Å². The summed E-state index contributed by atoms with van der Waals surface area (Å²) in [5.74, 6) is 0.602. The number of nitrogens with one attached hydrogen (secondary N) is 2. The molecule has 8 nitrogen and oxygen atoms in total. The Morgan fingerprint density at radius 3 is 2.86 bits per heavy atom. The van der Waals surface area contributed by atoms with Crippen LogP contribution in [0, 0.1) is 0 Å². The maximum atomic E-state index is 12.6. The first-order chi connectivity index (χ1) is 13.3. The van der Waals surface area contributed by atoms with Gasteiger partial charge in [0.1, 0.15) is 5.69 Å². The largest absolute Gasteiger partial charge is 0.444 e. The number of benzene rings is 1. The predicted octanol–water partition coefficient (Wildman–Crippen LogP) is 3.46. The number of aromatic amines is 1. The number of thiazole rings is 1. The van der Waals surface area contributed by atoms with Gasteiger partial charge >= 0.3 is 17.4 Å². The van der Waals surface area contributed by atoms with Gasteiger partial charge in [-0.05, 0) is 23.3 Å².